The van der Waals surface area contributed by atoms with Crippen molar-refractivity contribution in [3.63, 3.8) is 0 Å². The molecule has 0 spiro atoms. The van der Waals surface area contributed by atoms with Gasteiger partial charge in [-0.15, -0.1) is 11.3 Å². The van der Waals surface area contributed by atoms with E-state index in [1.54, 1.807) is 13.0 Å². The Morgan fingerprint density at radius 2 is 1.69 bits per heavy atom. The van der Waals surface area contributed by atoms with E-state index in [4.69, 9.17) is 10.00 Å². The van der Waals surface area contributed by atoms with Gasteiger partial charge in [-0.3, -0.25) is 0 Å². The molecule has 0 aliphatic heterocycles. The first-order chi connectivity index (χ1) is 14.9. The van der Waals surface area contributed by atoms with Crippen LogP contribution in [0.5, 0.6) is 0 Å². The first-order valence-corrected chi connectivity index (χ1v) is 10.0. The summed E-state index contributed by atoms with van der Waals surface area (Å²) in [4.78, 5) is 3.95. The van der Waals surface area contributed by atoms with Crippen LogP contribution in [0.1, 0.15) is 38.9 Å². The van der Waals surface area contributed by atoms with E-state index in [1.807, 2.05) is 6.07 Å². The van der Waals surface area contributed by atoms with E-state index >= 15 is 0 Å². The SMILES string of the molecule is Cc1cc(COC(c2sc(-c3ccc(C(F)(F)F)cc3)nc2C)C(F)(F)F)ccc1C#N. The Morgan fingerprint density at radius 3 is 2.22 bits per heavy atom. The van der Waals surface area contributed by atoms with Crippen molar-refractivity contribution in [2.75, 3.05) is 0 Å². The van der Waals surface area contributed by atoms with Crippen molar-refractivity contribution in [1.29, 1.82) is 5.26 Å². The molecule has 3 aromatic rings. The van der Waals surface area contributed by atoms with Crippen molar-refractivity contribution in [1.82, 2.24) is 4.98 Å². The summed E-state index contributed by atoms with van der Waals surface area (Å²) in [6.07, 6.45) is -11.5. The van der Waals surface area contributed by atoms with Crippen molar-refractivity contribution in [2.45, 2.75) is 38.9 Å². The van der Waals surface area contributed by atoms with Gasteiger partial charge in [0.05, 0.1) is 34.4 Å². The molecule has 3 nitrogen and oxygen atoms in total. The summed E-state index contributed by atoms with van der Waals surface area (Å²) < 4.78 is 84.8. The molecule has 1 heterocycles. The quantitative estimate of drug-likeness (QED) is 0.373. The first kappa shape index (κ1) is 23.8. The normalized spacial score (nSPS) is 13.1. The van der Waals surface area contributed by atoms with E-state index in [2.05, 4.69) is 4.98 Å². The molecule has 168 valence electrons. The summed E-state index contributed by atoms with van der Waals surface area (Å²) in [7, 11) is 0. The molecule has 3 rings (SSSR count). The van der Waals surface area contributed by atoms with Crippen molar-refractivity contribution in [2.24, 2.45) is 0 Å². The van der Waals surface area contributed by atoms with Gasteiger partial charge < -0.3 is 4.74 Å². The second-order valence-corrected chi connectivity index (χ2v) is 8.07. The van der Waals surface area contributed by atoms with Gasteiger partial charge in [-0.1, -0.05) is 24.3 Å². The van der Waals surface area contributed by atoms with Gasteiger partial charge in [-0.2, -0.15) is 31.6 Å². The van der Waals surface area contributed by atoms with Gasteiger partial charge in [0.1, 0.15) is 5.01 Å². The lowest BCUT2D eigenvalue weighted by atomic mass is 10.1. The fourth-order valence-corrected chi connectivity index (χ4v) is 4.16. The average molecular weight is 470 g/mol. The fourth-order valence-electron chi connectivity index (χ4n) is 3.02. The number of aryl methyl sites for hydroxylation is 2. The van der Waals surface area contributed by atoms with Gasteiger partial charge in [0.2, 0.25) is 0 Å². The zero-order valence-electron chi connectivity index (χ0n) is 16.8. The number of halogens is 6. The Morgan fingerprint density at radius 1 is 1.03 bits per heavy atom. The summed E-state index contributed by atoms with van der Waals surface area (Å²) >= 11 is 0.725. The van der Waals surface area contributed by atoms with E-state index in [9.17, 15) is 26.3 Å². The second-order valence-electron chi connectivity index (χ2n) is 7.04. The number of nitriles is 1. The summed E-state index contributed by atoms with van der Waals surface area (Å²) in [5, 5.41) is 9.14. The Bertz CT molecular complexity index is 1140. The Balaban J connectivity index is 1.87. The highest BCUT2D eigenvalue weighted by molar-refractivity contribution is 7.15. The molecular formula is C22H16F6N2OS. The number of alkyl halides is 6. The molecule has 0 saturated carbocycles. The Hall–Kier alpha value is -2.90. The average Bonchev–Trinajstić information content (AvgIpc) is 3.08. The molecule has 0 fully saturated rings. The molecule has 0 aliphatic rings. The van der Waals surface area contributed by atoms with Crippen molar-refractivity contribution < 1.29 is 31.1 Å². The number of hydrogen-bond acceptors (Lipinski definition) is 4. The molecule has 32 heavy (non-hydrogen) atoms. The second kappa shape index (κ2) is 8.92. The molecule has 0 saturated heterocycles. The number of thiazole rings is 1. The lowest BCUT2D eigenvalue weighted by Gasteiger charge is -2.20. The molecule has 10 heteroatoms. The monoisotopic (exact) mass is 470 g/mol. The minimum absolute atomic E-state index is 0.0863. The third kappa shape index (κ3) is 5.29. The van der Waals surface area contributed by atoms with Crippen LogP contribution in [0.15, 0.2) is 42.5 Å². The topological polar surface area (TPSA) is 45.9 Å². The molecule has 0 N–H and O–H groups in total. The van der Waals surface area contributed by atoms with Gasteiger partial charge in [0, 0.05) is 5.56 Å². The lowest BCUT2D eigenvalue weighted by molar-refractivity contribution is -0.226. The maximum absolute atomic E-state index is 13.8. The highest BCUT2D eigenvalue weighted by atomic mass is 32.1. The van der Waals surface area contributed by atoms with Crippen LogP contribution in [0.3, 0.4) is 0 Å². The fraction of sp³-hybridized carbons (Fsp3) is 0.273. The van der Waals surface area contributed by atoms with Crippen LogP contribution in [0.25, 0.3) is 10.6 Å². The standard InChI is InChI=1S/C22H16F6N2OS/c1-12-9-14(3-4-16(12)10-29)11-31-19(22(26,27)28)18-13(2)30-20(32-18)15-5-7-17(8-6-15)21(23,24)25/h3-9,19H,11H2,1-2H3. The third-order valence-electron chi connectivity index (χ3n) is 4.66. The van der Waals surface area contributed by atoms with E-state index in [0.29, 0.717) is 16.7 Å². The van der Waals surface area contributed by atoms with Gasteiger partial charge in [-0.25, -0.2) is 4.98 Å². The molecule has 0 amide bonds. The third-order valence-corrected chi connectivity index (χ3v) is 5.90. The van der Waals surface area contributed by atoms with Crippen LogP contribution in [-0.2, 0) is 17.5 Å². The van der Waals surface area contributed by atoms with E-state index < -0.39 is 24.0 Å². The van der Waals surface area contributed by atoms with Gasteiger partial charge in [-0.05, 0) is 43.2 Å². The minimum Gasteiger partial charge on any atom is -0.358 e. The van der Waals surface area contributed by atoms with Crippen molar-refractivity contribution in [3.05, 3.63) is 75.3 Å². The predicted molar refractivity (Wildman–Crippen MR) is 107 cm³/mol. The number of aromatic nitrogens is 1. The summed E-state index contributed by atoms with van der Waals surface area (Å²) in [6.45, 7) is 2.73. The summed E-state index contributed by atoms with van der Waals surface area (Å²) in [5.74, 6) is 0. The molecule has 0 radical (unpaired) electrons. The zero-order chi connectivity index (χ0) is 23.7. The Labute approximate surface area is 183 Å². The molecule has 2 aromatic carbocycles. The maximum Gasteiger partial charge on any atom is 0.419 e. The summed E-state index contributed by atoms with van der Waals surface area (Å²) in [5.41, 5.74) is 1.02. The number of ether oxygens (including phenoxy) is 1. The van der Waals surface area contributed by atoms with E-state index in [-0.39, 0.29) is 27.7 Å². The lowest BCUT2D eigenvalue weighted by Crippen LogP contribution is -2.23. The summed E-state index contributed by atoms with van der Waals surface area (Å²) in [6, 6.07) is 10.7. The number of benzene rings is 2. The predicted octanol–water partition coefficient (Wildman–Crippen LogP) is 7.14. The van der Waals surface area contributed by atoms with Crippen LogP contribution in [-0.4, -0.2) is 11.2 Å². The zero-order valence-corrected chi connectivity index (χ0v) is 17.6. The first-order valence-electron chi connectivity index (χ1n) is 9.23. The molecule has 0 bridgehead atoms. The highest BCUT2D eigenvalue weighted by Crippen LogP contribution is 2.43. The highest BCUT2D eigenvalue weighted by Gasteiger charge is 2.44. The van der Waals surface area contributed by atoms with Crippen molar-refractivity contribution in [3.8, 4) is 16.6 Å². The van der Waals surface area contributed by atoms with Crippen molar-refractivity contribution >= 4 is 11.3 Å². The largest absolute Gasteiger partial charge is 0.419 e. The van der Waals surface area contributed by atoms with Gasteiger partial charge in [0.15, 0.2) is 6.10 Å². The van der Waals surface area contributed by atoms with E-state index in [0.717, 1.165) is 23.5 Å². The molecule has 1 unspecified atom stereocenters. The molecule has 1 aromatic heterocycles. The van der Waals surface area contributed by atoms with Crippen LogP contribution >= 0.6 is 11.3 Å². The van der Waals surface area contributed by atoms with Crippen LogP contribution in [0.4, 0.5) is 26.3 Å². The number of hydrogen-bond donors (Lipinski definition) is 0. The van der Waals surface area contributed by atoms with Crippen LogP contribution in [0.2, 0.25) is 0 Å². The maximum atomic E-state index is 13.8. The van der Waals surface area contributed by atoms with Crippen LogP contribution in [0, 0.1) is 25.2 Å². The molecular weight excluding hydrogens is 454 g/mol. The minimum atomic E-state index is -4.73. The van der Waals surface area contributed by atoms with Gasteiger partial charge in [0.25, 0.3) is 0 Å². The molecule has 0 aliphatic carbocycles. The Kier molecular flexibility index (Phi) is 6.62. The number of nitrogens with zero attached hydrogens (tertiary/aromatic N) is 2. The van der Waals surface area contributed by atoms with E-state index in [1.165, 1.54) is 31.2 Å². The van der Waals surface area contributed by atoms with Crippen LogP contribution < -0.4 is 0 Å². The number of rotatable bonds is 5. The smallest absolute Gasteiger partial charge is 0.358 e. The van der Waals surface area contributed by atoms with Gasteiger partial charge >= 0.3 is 12.4 Å². The molecule has 1 atom stereocenters.